The number of furan rings is 2. The number of nitrogens with zero attached hydrogens (tertiary/aromatic N) is 2. The summed E-state index contributed by atoms with van der Waals surface area (Å²) in [6.45, 7) is 16.9. The lowest BCUT2D eigenvalue weighted by molar-refractivity contribution is 0.332. The van der Waals surface area contributed by atoms with E-state index in [2.05, 4.69) is 179 Å². The van der Waals surface area contributed by atoms with Gasteiger partial charge in [-0.05, 0) is 117 Å². The topological polar surface area (TPSA) is 34.5 Å². The third-order valence-electron chi connectivity index (χ3n) is 15.7. The fourth-order valence-corrected chi connectivity index (χ4v) is 12.7. The molecular weight excluding hydrogens is 743 g/mol. The van der Waals surface area contributed by atoms with Gasteiger partial charge >= 0.3 is 6.85 Å². The van der Waals surface area contributed by atoms with Crippen molar-refractivity contribution < 1.29 is 8.83 Å². The molecule has 0 N–H and O–H groups in total. The van der Waals surface area contributed by atoms with Crippen LogP contribution in [0.1, 0.15) is 82.2 Å². The number of fused-ring (bicyclic) bond motifs is 18. The maximum atomic E-state index is 7.07. The molecule has 10 aromatic rings. The maximum Gasteiger partial charge on any atom is 0.333 e. The lowest BCUT2D eigenvalue weighted by Gasteiger charge is -2.45. The van der Waals surface area contributed by atoms with Crippen LogP contribution in [0.4, 0.5) is 17.1 Å². The average molecular weight is 789 g/mol. The Labute approximate surface area is 355 Å². The van der Waals surface area contributed by atoms with Crippen molar-refractivity contribution >= 4 is 89.7 Å². The average Bonchev–Trinajstić information content (AvgIpc) is 3.98. The molecule has 4 aliphatic rings. The van der Waals surface area contributed by atoms with Crippen molar-refractivity contribution in [3.63, 3.8) is 0 Å². The molecule has 0 saturated heterocycles. The van der Waals surface area contributed by atoms with Crippen LogP contribution < -0.4 is 15.8 Å². The smallest absolute Gasteiger partial charge is 0.333 e. The van der Waals surface area contributed by atoms with E-state index in [1.807, 2.05) is 0 Å². The van der Waals surface area contributed by atoms with E-state index in [4.69, 9.17) is 8.83 Å². The molecule has 294 valence electrons. The highest BCUT2D eigenvalue weighted by molar-refractivity contribution is 6.90. The number of anilines is 3. The van der Waals surface area contributed by atoms with Crippen LogP contribution >= 0.6 is 0 Å². The van der Waals surface area contributed by atoms with E-state index in [-0.39, 0.29) is 23.1 Å². The quantitative estimate of drug-likeness (QED) is 0.155. The number of aryl methyl sites for hydroxylation is 1. The van der Waals surface area contributed by atoms with Gasteiger partial charge in [-0.3, -0.25) is 0 Å². The monoisotopic (exact) mass is 788 g/mol. The second-order valence-electron chi connectivity index (χ2n) is 20.3. The first-order chi connectivity index (χ1) is 29.4. The lowest BCUT2D eigenvalue weighted by Crippen LogP contribution is -2.57. The van der Waals surface area contributed by atoms with Crippen molar-refractivity contribution in [1.29, 1.82) is 0 Å². The van der Waals surface area contributed by atoms with Gasteiger partial charge in [-0.1, -0.05) is 126 Å². The number of rotatable bonds is 1. The number of benzene rings is 7. The predicted octanol–water partition coefficient (Wildman–Crippen LogP) is 13.8. The summed E-state index contributed by atoms with van der Waals surface area (Å²) in [6.07, 6.45) is 2.34. The Morgan fingerprint density at radius 1 is 0.541 bits per heavy atom. The van der Waals surface area contributed by atoms with Crippen LogP contribution in [-0.2, 0) is 16.2 Å². The Balaban J connectivity index is 1.22. The Kier molecular flexibility index (Phi) is 6.12. The van der Waals surface area contributed by atoms with Gasteiger partial charge in [-0.15, -0.1) is 0 Å². The Hall–Kier alpha value is -6.46. The molecule has 5 heteroatoms. The second kappa shape index (κ2) is 10.9. The van der Waals surface area contributed by atoms with Gasteiger partial charge < -0.3 is 18.2 Å². The van der Waals surface area contributed by atoms with E-state index in [9.17, 15) is 0 Å². The van der Waals surface area contributed by atoms with Crippen LogP contribution in [0.5, 0.6) is 0 Å². The summed E-state index contributed by atoms with van der Waals surface area (Å²) in [5.74, 6) is 0. The van der Waals surface area contributed by atoms with Gasteiger partial charge in [-0.25, -0.2) is 0 Å². The fraction of sp³-hybridized carbons (Fsp3) is 0.214. The van der Waals surface area contributed by atoms with Crippen molar-refractivity contribution in [1.82, 2.24) is 4.48 Å². The second-order valence-corrected chi connectivity index (χ2v) is 20.3. The number of hydrogen-bond acceptors (Lipinski definition) is 3. The molecule has 0 unspecified atom stereocenters. The number of aromatic nitrogens is 1. The van der Waals surface area contributed by atoms with Gasteiger partial charge in [0.25, 0.3) is 0 Å². The minimum absolute atomic E-state index is 0.0381. The fourth-order valence-electron chi connectivity index (χ4n) is 12.7. The summed E-state index contributed by atoms with van der Waals surface area (Å²) in [7, 11) is 0. The van der Waals surface area contributed by atoms with Gasteiger partial charge in [0.05, 0.1) is 5.52 Å². The Morgan fingerprint density at radius 3 is 2.00 bits per heavy atom. The van der Waals surface area contributed by atoms with Crippen molar-refractivity contribution in [3.05, 3.63) is 149 Å². The molecule has 2 aliphatic carbocycles. The van der Waals surface area contributed by atoms with Crippen LogP contribution in [0.25, 0.3) is 77.2 Å². The molecule has 14 rings (SSSR count). The molecule has 0 bridgehead atoms. The summed E-state index contributed by atoms with van der Waals surface area (Å²) in [4.78, 5) is 2.71. The van der Waals surface area contributed by atoms with Crippen molar-refractivity contribution in [2.24, 2.45) is 0 Å². The van der Waals surface area contributed by atoms with Crippen molar-refractivity contribution in [2.75, 3.05) is 4.90 Å². The molecule has 0 fully saturated rings. The molecule has 61 heavy (non-hydrogen) atoms. The molecule has 2 aliphatic heterocycles. The minimum Gasteiger partial charge on any atom is -0.455 e. The molecule has 5 heterocycles. The lowest BCUT2D eigenvalue weighted by atomic mass is 9.44. The highest BCUT2D eigenvalue weighted by Crippen LogP contribution is 2.58. The van der Waals surface area contributed by atoms with E-state index in [1.54, 1.807) is 0 Å². The summed E-state index contributed by atoms with van der Waals surface area (Å²) >= 11 is 0. The van der Waals surface area contributed by atoms with Crippen LogP contribution in [0.2, 0.25) is 0 Å². The first-order valence-corrected chi connectivity index (χ1v) is 22.1. The first kappa shape index (κ1) is 34.3. The third-order valence-corrected chi connectivity index (χ3v) is 15.7. The SMILES string of the molecule is Cc1cc2c(cc1N1c3cc4c(oc5ccccc54)c4c3B(c3ccc5c(c31)C(C)(C)c1ccccc1-5)n1c3c-4cccc3c3oc4ccccc4c31)C(C)(C)CCC2(C)C. The molecule has 7 aromatic carbocycles. The molecule has 0 atom stereocenters. The van der Waals surface area contributed by atoms with Gasteiger partial charge in [0.15, 0.2) is 5.58 Å². The molecular formula is C56H45BN2O2. The van der Waals surface area contributed by atoms with Gasteiger partial charge in [0.2, 0.25) is 0 Å². The van der Waals surface area contributed by atoms with Crippen LogP contribution in [0.15, 0.2) is 130 Å². The third kappa shape index (κ3) is 4.00. The van der Waals surface area contributed by atoms with Crippen molar-refractivity contribution in [2.45, 2.75) is 77.6 Å². The highest BCUT2D eigenvalue weighted by Gasteiger charge is 2.50. The predicted molar refractivity (Wildman–Crippen MR) is 255 cm³/mol. The zero-order chi connectivity index (χ0) is 41.1. The Morgan fingerprint density at radius 2 is 1.20 bits per heavy atom. The van der Waals surface area contributed by atoms with E-state index < -0.39 is 0 Å². The summed E-state index contributed by atoms with van der Waals surface area (Å²) < 4.78 is 16.6. The minimum atomic E-state index is -0.262. The molecule has 0 spiro atoms. The molecule has 3 aromatic heterocycles. The molecule has 0 saturated carbocycles. The molecule has 0 radical (unpaired) electrons. The van der Waals surface area contributed by atoms with E-state index >= 15 is 0 Å². The maximum absolute atomic E-state index is 7.07. The first-order valence-electron chi connectivity index (χ1n) is 22.1. The summed E-state index contributed by atoms with van der Waals surface area (Å²) in [5.41, 5.74) is 24.4. The highest BCUT2D eigenvalue weighted by atomic mass is 16.3. The van der Waals surface area contributed by atoms with Gasteiger partial charge in [-0.2, -0.15) is 0 Å². The summed E-state index contributed by atoms with van der Waals surface area (Å²) in [5, 5.41) is 4.57. The zero-order valence-corrected chi connectivity index (χ0v) is 35.7. The normalized spacial score (nSPS) is 17.3. The largest absolute Gasteiger partial charge is 0.455 e. The van der Waals surface area contributed by atoms with E-state index in [0.717, 1.165) is 55.8 Å². The van der Waals surface area contributed by atoms with Gasteiger partial charge in [0.1, 0.15) is 16.7 Å². The van der Waals surface area contributed by atoms with Crippen LogP contribution in [0.3, 0.4) is 0 Å². The van der Waals surface area contributed by atoms with Crippen molar-refractivity contribution in [3.8, 4) is 22.3 Å². The van der Waals surface area contributed by atoms with Gasteiger partial charge in [0, 0.05) is 60.7 Å². The number of para-hydroxylation sites is 3. The van der Waals surface area contributed by atoms with E-state index in [0.29, 0.717) is 0 Å². The molecule has 0 amide bonds. The molecule has 4 nitrogen and oxygen atoms in total. The van der Waals surface area contributed by atoms with E-state index in [1.165, 1.54) is 90.0 Å². The van der Waals surface area contributed by atoms with Crippen LogP contribution in [-0.4, -0.2) is 11.3 Å². The Bertz CT molecular complexity index is 3660. The van der Waals surface area contributed by atoms with Crippen LogP contribution in [0, 0.1) is 6.92 Å². The zero-order valence-electron chi connectivity index (χ0n) is 35.7. The standard InChI is InChI=1S/C56H45BN2O2/c1-30-27-39-40(55(4,5)26-25-54(39,2)3)29-42(30)58-43-28-37-32-16-9-12-21-44(32)60-52(37)46-35-18-14-19-36-49(35)59(50-34-17-10-13-22-45(34)61-53(36)50)57(48(43)46)41-24-23-33-31-15-8-11-20-38(31)56(6,7)47(33)51(41)58/h8-24,27-29H,25-26H2,1-7H3. The number of hydrogen-bond donors (Lipinski definition) is 0. The summed E-state index contributed by atoms with van der Waals surface area (Å²) in [6, 6.07) is 45.6.